The second-order valence-electron chi connectivity index (χ2n) is 4.94. The first kappa shape index (κ1) is 13.7. The Morgan fingerprint density at radius 2 is 2.21 bits per heavy atom. The van der Waals surface area contributed by atoms with E-state index in [1.165, 1.54) is 0 Å². The number of aryl methyl sites for hydroxylation is 1. The van der Waals surface area contributed by atoms with Crippen LogP contribution in [0.5, 0.6) is 0 Å². The molecular formula is C13H19N5O. The maximum atomic E-state index is 9.33. The minimum Gasteiger partial charge on any atom is -0.373 e. The molecule has 0 amide bonds. The molecule has 0 radical (unpaired) electrons. The molecule has 2 N–H and O–H groups in total. The van der Waals surface area contributed by atoms with Crippen LogP contribution in [0.3, 0.4) is 0 Å². The molecular weight excluding hydrogens is 242 g/mol. The fraction of sp³-hybridized carbons (Fsp3) is 0.615. The van der Waals surface area contributed by atoms with Gasteiger partial charge in [0, 0.05) is 19.1 Å². The quantitative estimate of drug-likeness (QED) is 0.835. The smallest absolute Gasteiger partial charge is 0.169 e. The molecule has 1 aliphatic rings. The molecule has 2 heterocycles. The minimum absolute atomic E-state index is 0.0382. The highest BCUT2D eigenvalue weighted by molar-refractivity contribution is 5.57. The highest BCUT2D eigenvalue weighted by atomic mass is 16.5. The molecule has 0 aliphatic carbocycles. The van der Waals surface area contributed by atoms with Crippen molar-refractivity contribution in [3.05, 3.63) is 16.8 Å². The molecule has 0 aromatic carbocycles. The minimum atomic E-state index is -0.0483. The molecule has 0 saturated carbocycles. The van der Waals surface area contributed by atoms with Crippen LogP contribution in [-0.2, 0) is 4.74 Å². The highest BCUT2D eigenvalue weighted by Crippen LogP contribution is 2.23. The summed E-state index contributed by atoms with van der Waals surface area (Å²) in [7, 11) is 0. The zero-order chi connectivity index (χ0) is 14.0. The molecule has 1 aromatic rings. The zero-order valence-corrected chi connectivity index (χ0v) is 11.6. The normalized spacial score (nSPS) is 21.0. The summed E-state index contributed by atoms with van der Waals surface area (Å²) in [6.45, 7) is 7.61. The van der Waals surface area contributed by atoms with E-state index in [1.54, 1.807) is 0 Å². The summed E-state index contributed by atoms with van der Waals surface area (Å²) in [5.41, 5.74) is 8.15. The van der Waals surface area contributed by atoms with E-state index in [2.05, 4.69) is 16.3 Å². The first-order valence-corrected chi connectivity index (χ1v) is 6.40. The standard InChI is InChI=1S/C13H19N5O/c1-8-10(3)16-17-13(11(8)6-14)18-4-5-19-12(7-18)9(2)15/h9,12H,4-5,7,15H2,1-3H3. The van der Waals surface area contributed by atoms with Gasteiger partial charge in [-0.05, 0) is 26.3 Å². The number of hydrogen-bond donors (Lipinski definition) is 1. The lowest BCUT2D eigenvalue weighted by atomic mass is 10.1. The lowest BCUT2D eigenvalue weighted by molar-refractivity contribution is 0.0273. The Labute approximate surface area is 113 Å². The van der Waals surface area contributed by atoms with Gasteiger partial charge in [0.2, 0.25) is 0 Å². The summed E-state index contributed by atoms with van der Waals surface area (Å²) < 4.78 is 5.62. The van der Waals surface area contributed by atoms with Gasteiger partial charge in [-0.3, -0.25) is 0 Å². The van der Waals surface area contributed by atoms with Crippen molar-refractivity contribution in [3.8, 4) is 6.07 Å². The van der Waals surface area contributed by atoms with Crippen LogP contribution in [0.15, 0.2) is 0 Å². The van der Waals surface area contributed by atoms with E-state index >= 15 is 0 Å². The van der Waals surface area contributed by atoms with E-state index in [0.717, 1.165) is 11.3 Å². The van der Waals surface area contributed by atoms with Crippen molar-refractivity contribution in [2.75, 3.05) is 24.6 Å². The number of nitrogens with zero attached hydrogens (tertiary/aromatic N) is 4. The maximum absolute atomic E-state index is 9.33. The number of ether oxygens (including phenoxy) is 1. The number of aromatic nitrogens is 2. The van der Waals surface area contributed by atoms with E-state index in [1.807, 2.05) is 25.7 Å². The van der Waals surface area contributed by atoms with E-state index in [0.29, 0.717) is 31.1 Å². The SMILES string of the molecule is Cc1nnc(N2CCOC(C(C)N)C2)c(C#N)c1C. The fourth-order valence-electron chi connectivity index (χ4n) is 2.14. The Morgan fingerprint density at radius 1 is 1.47 bits per heavy atom. The van der Waals surface area contributed by atoms with E-state index in [-0.39, 0.29) is 12.1 Å². The summed E-state index contributed by atoms with van der Waals surface area (Å²) in [5, 5.41) is 17.6. The first-order valence-electron chi connectivity index (χ1n) is 6.40. The lowest BCUT2D eigenvalue weighted by Crippen LogP contribution is -2.50. The Kier molecular flexibility index (Phi) is 3.98. The maximum Gasteiger partial charge on any atom is 0.169 e. The third-order valence-electron chi connectivity index (χ3n) is 3.53. The molecule has 2 rings (SSSR count). The van der Waals surface area contributed by atoms with Gasteiger partial charge in [-0.1, -0.05) is 0 Å². The second kappa shape index (κ2) is 5.51. The van der Waals surface area contributed by atoms with Crippen molar-refractivity contribution in [1.29, 1.82) is 5.26 Å². The molecule has 6 heteroatoms. The van der Waals surface area contributed by atoms with Crippen LogP contribution in [0.1, 0.15) is 23.7 Å². The monoisotopic (exact) mass is 261 g/mol. The average molecular weight is 261 g/mol. The summed E-state index contributed by atoms with van der Waals surface area (Å²) in [5.74, 6) is 0.638. The van der Waals surface area contributed by atoms with Crippen LogP contribution >= 0.6 is 0 Å². The molecule has 1 aromatic heterocycles. The molecule has 102 valence electrons. The highest BCUT2D eigenvalue weighted by Gasteiger charge is 2.26. The van der Waals surface area contributed by atoms with Gasteiger partial charge < -0.3 is 15.4 Å². The second-order valence-corrected chi connectivity index (χ2v) is 4.94. The molecule has 1 aliphatic heterocycles. The molecule has 2 unspecified atom stereocenters. The van der Waals surface area contributed by atoms with Crippen LogP contribution in [0.25, 0.3) is 0 Å². The largest absolute Gasteiger partial charge is 0.373 e. The van der Waals surface area contributed by atoms with Crippen LogP contribution in [0.2, 0.25) is 0 Å². The molecule has 1 saturated heterocycles. The summed E-state index contributed by atoms with van der Waals surface area (Å²) in [6.07, 6.45) is -0.0382. The fourth-order valence-corrected chi connectivity index (χ4v) is 2.14. The van der Waals surface area contributed by atoms with E-state index in [9.17, 15) is 5.26 Å². The number of nitrogens with two attached hydrogens (primary N) is 1. The van der Waals surface area contributed by atoms with Crippen molar-refractivity contribution in [2.24, 2.45) is 5.73 Å². The predicted molar refractivity (Wildman–Crippen MR) is 71.8 cm³/mol. The lowest BCUT2D eigenvalue weighted by Gasteiger charge is -2.35. The zero-order valence-electron chi connectivity index (χ0n) is 11.6. The van der Waals surface area contributed by atoms with Gasteiger partial charge in [-0.2, -0.15) is 10.4 Å². The van der Waals surface area contributed by atoms with Gasteiger partial charge in [0.25, 0.3) is 0 Å². The molecule has 1 fully saturated rings. The molecule has 0 spiro atoms. The van der Waals surface area contributed by atoms with Gasteiger partial charge in [-0.25, -0.2) is 0 Å². The predicted octanol–water partition coefficient (Wildman–Crippen LogP) is 0.518. The number of hydrogen-bond acceptors (Lipinski definition) is 6. The Morgan fingerprint density at radius 3 is 2.84 bits per heavy atom. The number of nitriles is 1. The Balaban J connectivity index is 2.32. The number of morpholine rings is 1. The van der Waals surface area contributed by atoms with Gasteiger partial charge in [0.1, 0.15) is 11.6 Å². The van der Waals surface area contributed by atoms with Crippen LogP contribution in [0, 0.1) is 25.2 Å². The van der Waals surface area contributed by atoms with Gasteiger partial charge in [0.15, 0.2) is 5.82 Å². The Bertz CT molecular complexity index is 508. The van der Waals surface area contributed by atoms with Gasteiger partial charge >= 0.3 is 0 Å². The number of rotatable bonds is 2. The van der Waals surface area contributed by atoms with Crippen molar-refractivity contribution in [3.63, 3.8) is 0 Å². The third-order valence-corrected chi connectivity index (χ3v) is 3.53. The van der Waals surface area contributed by atoms with Gasteiger partial charge in [0.05, 0.1) is 18.4 Å². The molecule has 2 atom stereocenters. The van der Waals surface area contributed by atoms with E-state index < -0.39 is 0 Å². The van der Waals surface area contributed by atoms with E-state index in [4.69, 9.17) is 10.5 Å². The topological polar surface area (TPSA) is 88.1 Å². The number of anilines is 1. The van der Waals surface area contributed by atoms with Crippen molar-refractivity contribution < 1.29 is 4.74 Å². The summed E-state index contributed by atoms with van der Waals surface area (Å²) in [6, 6.07) is 2.18. The van der Waals surface area contributed by atoms with Gasteiger partial charge in [-0.15, -0.1) is 5.10 Å². The van der Waals surface area contributed by atoms with Crippen molar-refractivity contribution in [1.82, 2.24) is 10.2 Å². The molecule has 19 heavy (non-hydrogen) atoms. The third kappa shape index (κ3) is 2.67. The summed E-state index contributed by atoms with van der Waals surface area (Å²) in [4.78, 5) is 2.04. The first-order chi connectivity index (χ1) is 9.04. The van der Waals surface area contributed by atoms with Crippen LogP contribution in [0.4, 0.5) is 5.82 Å². The van der Waals surface area contributed by atoms with Crippen molar-refractivity contribution >= 4 is 5.82 Å². The molecule has 0 bridgehead atoms. The summed E-state index contributed by atoms with van der Waals surface area (Å²) >= 11 is 0. The Hall–Kier alpha value is -1.71. The van der Waals surface area contributed by atoms with Crippen molar-refractivity contribution in [2.45, 2.75) is 32.9 Å². The van der Waals surface area contributed by atoms with Crippen LogP contribution in [-0.4, -0.2) is 42.0 Å². The van der Waals surface area contributed by atoms with Crippen LogP contribution < -0.4 is 10.6 Å². The molecule has 6 nitrogen and oxygen atoms in total. The average Bonchev–Trinajstić information content (AvgIpc) is 2.41.